The fourth-order valence-corrected chi connectivity index (χ4v) is 3.36. The molecule has 0 aliphatic carbocycles. The van der Waals surface area contributed by atoms with Crippen LogP contribution in [0.5, 0.6) is 0 Å². The number of hydrogen-bond donors (Lipinski definition) is 1. The van der Waals surface area contributed by atoms with Crippen LogP contribution in [0.25, 0.3) is 0 Å². The Labute approximate surface area is 153 Å². The molecule has 1 saturated heterocycles. The molecule has 1 fully saturated rings. The lowest BCUT2D eigenvalue weighted by atomic mass is 10.1. The van der Waals surface area contributed by atoms with Crippen molar-refractivity contribution in [1.82, 2.24) is 25.0 Å². The van der Waals surface area contributed by atoms with Gasteiger partial charge in [0.05, 0.1) is 18.9 Å². The van der Waals surface area contributed by atoms with Crippen molar-refractivity contribution >= 4 is 6.03 Å². The topological polar surface area (TPSA) is 85.4 Å². The molecule has 2 aromatic rings. The van der Waals surface area contributed by atoms with Crippen molar-refractivity contribution in [2.24, 2.45) is 0 Å². The number of nitrogens with zero attached hydrogens (tertiary/aromatic N) is 4. The first-order valence-electron chi connectivity index (χ1n) is 9.23. The van der Waals surface area contributed by atoms with Crippen LogP contribution in [0.1, 0.15) is 43.3 Å². The monoisotopic (exact) mass is 361 g/mol. The summed E-state index contributed by atoms with van der Waals surface area (Å²) in [7, 11) is 1.67. The number of ether oxygens (including phenoxy) is 1. The van der Waals surface area contributed by atoms with Crippen molar-refractivity contribution in [1.29, 1.82) is 0 Å². The second kappa shape index (κ2) is 9.38. The van der Waals surface area contributed by atoms with E-state index in [1.807, 2.05) is 21.6 Å². The van der Waals surface area contributed by atoms with E-state index in [0.717, 1.165) is 43.8 Å². The number of urea groups is 1. The van der Waals surface area contributed by atoms with E-state index in [4.69, 9.17) is 9.15 Å². The zero-order chi connectivity index (χ0) is 18.2. The van der Waals surface area contributed by atoms with E-state index in [0.29, 0.717) is 26.1 Å². The highest BCUT2D eigenvalue weighted by Crippen LogP contribution is 2.30. The Morgan fingerprint density at radius 3 is 3.15 bits per heavy atom. The van der Waals surface area contributed by atoms with E-state index in [-0.39, 0.29) is 12.1 Å². The van der Waals surface area contributed by atoms with Crippen LogP contribution in [0.4, 0.5) is 4.79 Å². The van der Waals surface area contributed by atoms with Gasteiger partial charge in [-0.1, -0.05) is 12.8 Å². The molecule has 1 aliphatic heterocycles. The molecule has 8 heteroatoms. The van der Waals surface area contributed by atoms with Crippen LogP contribution in [0.15, 0.2) is 29.1 Å². The molecule has 1 atom stereocenters. The minimum atomic E-state index is -0.0451. The third-order valence-corrected chi connectivity index (χ3v) is 4.74. The first-order chi connectivity index (χ1) is 12.8. The van der Waals surface area contributed by atoms with Crippen molar-refractivity contribution in [3.63, 3.8) is 0 Å². The largest absolute Gasteiger partial charge is 0.467 e. The summed E-state index contributed by atoms with van der Waals surface area (Å²) >= 11 is 0. The Hall–Kier alpha value is -2.35. The van der Waals surface area contributed by atoms with Crippen molar-refractivity contribution in [3.8, 4) is 0 Å². The summed E-state index contributed by atoms with van der Waals surface area (Å²) in [4.78, 5) is 14.7. The average Bonchev–Trinajstić information content (AvgIpc) is 3.27. The smallest absolute Gasteiger partial charge is 0.318 e. The maximum Gasteiger partial charge on any atom is 0.318 e. The summed E-state index contributed by atoms with van der Waals surface area (Å²) in [5.74, 6) is 1.71. The molecule has 0 spiro atoms. The Morgan fingerprint density at radius 2 is 2.35 bits per heavy atom. The lowest BCUT2D eigenvalue weighted by Gasteiger charge is -2.28. The van der Waals surface area contributed by atoms with E-state index in [1.165, 1.54) is 0 Å². The van der Waals surface area contributed by atoms with Gasteiger partial charge < -0.3 is 23.9 Å². The number of hydrogen-bond acceptors (Lipinski definition) is 5. The fraction of sp³-hybridized carbons (Fsp3) is 0.611. The van der Waals surface area contributed by atoms with Gasteiger partial charge in [-0.3, -0.25) is 0 Å². The van der Waals surface area contributed by atoms with Gasteiger partial charge in [0.15, 0.2) is 0 Å². The minimum Gasteiger partial charge on any atom is -0.467 e. The zero-order valence-corrected chi connectivity index (χ0v) is 15.3. The molecule has 3 rings (SSSR count). The number of aromatic nitrogens is 3. The standard InChI is InChI=1S/C18H27N5O3/c1-25-13-11-22-14-20-21-17(22)8-9-19-18(24)23-10-4-2-3-6-15(23)16-7-5-12-26-16/h5,7,12,14-15H,2-4,6,8-11,13H2,1H3,(H,19,24)/t15-/m1/s1. The Balaban J connectivity index is 1.55. The average molecular weight is 361 g/mol. The summed E-state index contributed by atoms with van der Waals surface area (Å²) < 4.78 is 12.6. The lowest BCUT2D eigenvalue weighted by molar-refractivity contribution is 0.166. The molecule has 1 aliphatic rings. The molecular formula is C18H27N5O3. The highest BCUT2D eigenvalue weighted by atomic mass is 16.5. The summed E-state index contributed by atoms with van der Waals surface area (Å²) in [6.45, 7) is 2.59. The quantitative estimate of drug-likeness (QED) is 0.818. The summed E-state index contributed by atoms with van der Waals surface area (Å²) in [6.07, 6.45) is 8.21. The number of amides is 2. The van der Waals surface area contributed by atoms with Crippen LogP contribution >= 0.6 is 0 Å². The number of nitrogens with one attached hydrogen (secondary N) is 1. The van der Waals surface area contributed by atoms with Gasteiger partial charge in [-0.15, -0.1) is 10.2 Å². The predicted molar refractivity (Wildman–Crippen MR) is 95.6 cm³/mol. The number of carbonyl (C=O) groups excluding carboxylic acids is 1. The number of rotatable bonds is 7. The summed E-state index contributed by atoms with van der Waals surface area (Å²) in [6, 6.07) is 3.80. The van der Waals surface area contributed by atoms with Gasteiger partial charge in [0.1, 0.15) is 17.9 Å². The predicted octanol–water partition coefficient (Wildman–Crippen LogP) is 2.39. The maximum atomic E-state index is 12.8. The van der Waals surface area contributed by atoms with Gasteiger partial charge in [-0.05, 0) is 25.0 Å². The van der Waals surface area contributed by atoms with E-state index in [2.05, 4.69) is 15.5 Å². The molecule has 0 saturated carbocycles. The molecule has 2 amide bonds. The second-order valence-corrected chi connectivity index (χ2v) is 6.49. The molecule has 0 aromatic carbocycles. The van der Waals surface area contributed by atoms with Crippen molar-refractivity contribution in [2.45, 2.75) is 44.7 Å². The molecule has 1 N–H and O–H groups in total. The molecular weight excluding hydrogens is 334 g/mol. The van der Waals surface area contributed by atoms with Crippen LogP contribution in [0, 0.1) is 0 Å². The van der Waals surface area contributed by atoms with E-state index < -0.39 is 0 Å². The maximum absolute atomic E-state index is 12.8. The lowest BCUT2D eigenvalue weighted by Crippen LogP contribution is -2.42. The first kappa shape index (κ1) is 18.4. The molecule has 3 heterocycles. The molecule has 142 valence electrons. The van der Waals surface area contributed by atoms with E-state index in [1.54, 1.807) is 19.7 Å². The van der Waals surface area contributed by atoms with Crippen LogP contribution in [0.3, 0.4) is 0 Å². The van der Waals surface area contributed by atoms with Crippen molar-refractivity contribution in [3.05, 3.63) is 36.3 Å². The Morgan fingerprint density at radius 1 is 1.42 bits per heavy atom. The summed E-state index contributed by atoms with van der Waals surface area (Å²) in [5, 5.41) is 11.1. The molecule has 8 nitrogen and oxygen atoms in total. The number of carbonyl (C=O) groups is 1. The van der Waals surface area contributed by atoms with Gasteiger partial charge in [-0.2, -0.15) is 0 Å². The molecule has 0 unspecified atom stereocenters. The number of furan rings is 1. The highest BCUT2D eigenvalue weighted by Gasteiger charge is 2.28. The van der Waals surface area contributed by atoms with E-state index in [9.17, 15) is 4.79 Å². The van der Waals surface area contributed by atoms with Crippen LogP contribution < -0.4 is 5.32 Å². The third kappa shape index (κ3) is 4.63. The molecule has 0 radical (unpaired) electrons. The third-order valence-electron chi connectivity index (χ3n) is 4.74. The van der Waals surface area contributed by atoms with Gasteiger partial charge in [-0.25, -0.2) is 4.79 Å². The van der Waals surface area contributed by atoms with Gasteiger partial charge >= 0.3 is 6.03 Å². The van der Waals surface area contributed by atoms with Crippen molar-refractivity contribution < 1.29 is 13.9 Å². The summed E-state index contributed by atoms with van der Waals surface area (Å²) in [5.41, 5.74) is 0. The second-order valence-electron chi connectivity index (χ2n) is 6.49. The fourth-order valence-electron chi connectivity index (χ4n) is 3.36. The Kier molecular flexibility index (Phi) is 6.65. The highest BCUT2D eigenvalue weighted by molar-refractivity contribution is 5.74. The SMILES string of the molecule is COCCn1cnnc1CCNC(=O)N1CCCCC[C@@H]1c1ccco1. The Bertz CT molecular complexity index is 670. The van der Waals surface area contributed by atoms with Crippen LogP contribution in [0.2, 0.25) is 0 Å². The minimum absolute atomic E-state index is 0.0119. The zero-order valence-electron chi connectivity index (χ0n) is 15.3. The van der Waals surface area contributed by atoms with Gasteiger partial charge in [0.2, 0.25) is 0 Å². The first-order valence-corrected chi connectivity index (χ1v) is 9.23. The normalized spacial score (nSPS) is 17.9. The number of likely N-dealkylation sites (tertiary alicyclic amines) is 1. The van der Waals surface area contributed by atoms with Crippen molar-refractivity contribution in [2.75, 3.05) is 26.8 Å². The van der Waals surface area contributed by atoms with E-state index >= 15 is 0 Å². The molecule has 2 aromatic heterocycles. The number of methoxy groups -OCH3 is 1. The van der Waals surface area contributed by atoms with Gasteiger partial charge in [0.25, 0.3) is 0 Å². The molecule has 26 heavy (non-hydrogen) atoms. The molecule has 0 bridgehead atoms. The van der Waals surface area contributed by atoms with Crippen LogP contribution in [-0.4, -0.2) is 52.5 Å². The van der Waals surface area contributed by atoms with Crippen LogP contribution in [-0.2, 0) is 17.7 Å². The van der Waals surface area contributed by atoms with Gasteiger partial charge in [0, 0.05) is 33.2 Å².